The first-order chi connectivity index (χ1) is 13.4. The molecule has 1 heterocycles. The van der Waals surface area contributed by atoms with Crippen molar-refractivity contribution in [1.82, 2.24) is 0 Å². The summed E-state index contributed by atoms with van der Waals surface area (Å²) in [7, 11) is 0. The average Bonchev–Trinajstić information content (AvgIpc) is 3.01. The summed E-state index contributed by atoms with van der Waals surface area (Å²) in [6, 6.07) is 14.4. The molecule has 1 aliphatic heterocycles. The van der Waals surface area contributed by atoms with Crippen molar-refractivity contribution in [3.8, 4) is 5.75 Å². The lowest BCUT2D eigenvalue weighted by Crippen LogP contribution is -2.07. The standard InChI is InChI=1S/C22H22N2O4/c1-14(2)13-27-19-6-4-5-16(11-19)12-20-22(26)28-21(24-20)17-7-9-18(10-8-17)23-15(3)25/h4-12,14H,13H2,1-3H3,(H,23,25)/b20-12-. The zero-order valence-electron chi connectivity index (χ0n) is 16.1. The molecular formula is C22H22N2O4. The van der Waals surface area contributed by atoms with E-state index in [1.54, 1.807) is 30.3 Å². The highest BCUT2D eigenvalue weighted by molar-refractivity contribution is 6.13. The predicted octanol–water partition coefficient (Wildman–Crippen LogP) is 4.02. The van der Waals surface area contributed by atoms with Gasteiger partial charge in [-0.1, -0.05) is 26.0 Å². The number of ether oxygens (including phenoxy) is 2. The maximum atomic E-state index is 12.2. The fourth-order valence-electron chi connectivity index (χ4n) is 2.55. The second kappa shape index (κ2) is 8.52. The van der Waals surface area contributed by atoms with Crippen LogP contribution in [0, 0.1) is 5.92 Å². The molecule has 2 aromatic rings. The van der Waals surface area contributed by atoms with E-state index >= 15 is 0 Å². The smallest absolute Gasteiger partial charge is 0.363 e. The molecule has 0 saturated heterocycles. The van der Waals surface area contributed by atoms with Crippen LogP contribution in [0.25, 0.3) is 6.08 Å². The number of amides is 1. The number of aliphatic imine (C=N–C) groups is 1. The van der Waals surface area contributed by atoms with Gasteiger partial charge in [-0.3, -0.25) is 4.79 Å². The Labute approximate surface area is 163 Å². The van der Waals surface area contributed by atoms with Gasteiger partial charge in [-0.05, 0) is 54.0 Å². The summed E-state index contributed by atoms with van der Waals surface area (Å²) < 4.78 is 11.0. The molecule has 144 valence electrons. The van der Waals surface area contributed by atoms with E-state index in [2.05, 4.69) is 24.2 Å². The minimum atomic E-state index is -0.505. The molecule has 6 nitrogen and oxygen atoms in total. The first-order valence-corrected chi connectivity index (χ1v) is 9.04. The van der Waals surface area contributed by atoms with Gasteiger partial charge in [0.1, 0.15) is 5.75 Å². The van der Waals surface area contributed by atoms with Gasteiger partial charge in [0.25, 0.3) is 0 Å². The lowest BCUT2D eigenvalue weighted by atomic mass is 10.2. The van der Waals surface area contributed by atoms with Crippen LogP contribution in [0.1, 0.15) is 31.9 Å². The number of carbonyl (C=O) groups excluding carboxylic acids is 2. The molecule has 0 radical (unpaired) electrons. The van der Waals surface area contributed by atoms with Crippen molar-refractivity contribution in [2.24, 2.45) is 10.9 Å². The third kappa shape index (κ3) is 5.07. The van der Waals surface area contributed by atoms with Crippen molar-refractivity contribution in [3.63, 3.8) is 0 Å². The molecule has 3 rings (SSSR count). The van der Waals surface area contributed by atoms with Gasteiger partial charge in [0.2, 0.25) is 11.8 Å². The van der Waals surface area contributed by atoms with Crippen LogP contribution in [-0.2, 0) is 14.3 Å². The van der Waals surface area contributed by atoms with Crippen molar-refractivity contribution in [1.29, 1.82) is 0 Å². The Morgan fingerprint density at radius 3 is 2.64 bits per heavy atom. The lowest BCUT2D eigenvalue weighted by Gasteiger charge is -2.08. The first kappa shape index (κ1) is 19.4. The number of cyclic esters (lactones) is 1. The SMILES string of the molecule is CC(=O)Nc1ccc(C2=N/C(=C\c3cccc(OCC(C)C)c3)C(=O)O2)cc1. The second-order valence-corrected chi connectivity index (χ2v) is 6.87. The third-order valence-electron chi connectivity index (χ3n) is 3.82. The van der Waals surface area contributed by atoms with Gasteiger partial charge in [-0.2, -0.15) is 0 Å². The molecule has 2 aromatic carbocycles. The van der Waals surface area contributed by atoms with Crippen molar-refractivity contribution >= 4 is 29.5 Å². The number of anilines is 1. The molecule has 28 heavy (non-hydrogen) atoms. The highest BCUT2D eigenvalue weighted by Gasteiger charge is 2.24. The fourth-order valence-corrected chi connectivity index (χ4v) is 2.55. The van der Waals surface area contributed by atoms with Gasteiger partial charge < -0.3 is 14.8 Å². The fraction of sp³-hybridized carbons (Fsp3) is 0.227. The van der Waals surface area contributed by atoms with Crippen LogP contribution in [-0.4, -0.2) is 24.4 Å². The number of benzene rings is 2. The summed E-state index contributed by atoms with van der Waals surface area (Å²) >= 11 is 0. The molecule has 1 amide bonds. The minimum absolute atomic E-state index is 0.151. The largest absolute Gasteiger partial charge is 0.493 e. The number of hydrogen-bond donors (Lipinski definition) is 1. The number of nitrogens with one attached hydrogen (secondary N) is 1. The molecule has 0 aliphatic carbocycles. The van der Waals surface area contributed by atoms with Gasteiger partial charge >= 0.3 is 5.97 Å². The minimum Gasteiger partial charge on any atom is -0.493 e. The predicted molar refractivity (Wildman–Crippen MR) is 108 cm³/mol. The lowest BCUT2D eigenvalue weighted by molar-refractivity contribution is -0.129. The van der Waals surface area contributed by atoms with Crippen LogP contribution in [0.2, 0.25) is 0 Å². The number of hydrogen-bond acceptors (Lipinski definition) is 5. The van der Waals surface area contributed by atoms with Crippen LogP contribution in [0.4, 0.5) is 5.69 Å². The summed E-state index contributed by atoms with van der Waals surface area (Å²) in [5.74, 6) is 0.748. The second-order valence-electron chi connectivity index (χ2n) is 6.87. The zero-order valence-corrected chi connectivity index (χ0v) is 16.1. The maximum Gasteiger partial charge on any atom is 0.363 e. The molecule has 1 N–H and O–H groups in total. The quantitative estimate of drug-likeness (QED) is 0.608. The monoisotopic (exact) mass is 378 g/mol. The average molecular weight is 378 g/mol. The number of nitrogens with zero attached hydrogens (tertiary/aromatic N) is 1. The van der Waals surface area contributed by atoms with Gasteiger partial charge in [0, 0.05) is 18.2 Å². The maximum absolute atomic E-state index is 12.2. The van der Waals surface area contributed by atoms with Gasteiger partial charge in [-0.15, -0.1) is 0 Å². The Morgan fingerprint density at radius 1 is 1.21 bits per heavy atom. The Kier molecular flexibility index (Phi) is 5.89. The molecule has 0 unspecified atom stereocenters. The number of rotatable bonds is 6. The van der Waals surface area contributed by atoms with E-state index in [1.807, 2.05) is 24.3 Å². The summed E-state index contributed by atoms with van der Waals surface area (Å²) in [5.41, 5.74) is 2.34. The van der Waals surface area contributed by atoms with Crippen molar-refractivity contribution < 1.29 is 19.1 Å². The van der Waals surface area contributed by atoms with Crippen LogP contribution >= 0.6 is 0 Å². The third-order valence-corrected chi connectivity index (χ3v) is 3.82. The number of carbonyl (C=O) groups is 2. The Hall–Kier alpha value is -3.41. The molecular weight excluding hydrogens is 356 g/mol. The van der Waals surface area contributed by atoms with Crippen molar-refractivity contribution in [2.75, 3.05) is 11.9 Å². The van der Waals surface area contributed by atoms with E-state index in [0.717, 1.165) is 11.3 Å². The van der Waals surface area contributed by atoms with E-state index in [0.29, 0.717) is 23.8 Å². The molecule has 0 atom stereocenters. The summed E-state index contributed by atoms with van der Waals surface area (Å²) in [6.45, 7) is 6.23. The summed E-state index contributed by atoms with van der Waals surface area (Å²) in [4.78, 5) is 27.6. The highest BCUT2D eigenvalue weighted by Crippen LogP contribution is 2.22. The van der Waals surface area contributed by atoms with Gasteiger partial charge in [0.15, 0.2) is 5.70 Å². The van der Waals surface area contributed by atoms with Crippen LogP contribution in [0.5, 0.6) is 5.75 Å². The Morgan fingerprint density at radius 2 is 1.96 bits per heavy atom. The normalized spacial score (nSPS) is 14.8. The van der Waals surface area contributed by atoms with E-state index in [1.165, 1.54) is 6.92 Å². The molecule has 0 saturated carbocycles. The van der Waals surface area contributed by atoms with Gasteiger partial charge in [0.05, 0.1) is 6.61 Å². The first-order valence-electron chi connectivity index (χ1n) is 9.04. The van der Waals surface area contributed by atoms with Crippen molar-refractivity contribution in [3.05, 3.63) is 65.4 Å². The van der Waals surface area contributed by atoms with E-state index in [4.69, 9.17) is 9.47 Å². The van der Waals surface area contributed by atoms with E-state index in [9.17, 15) is 9.59 Å². The molecule has 0 fully saturated rings. The molecule has 0 aromatic heterocycles. The van der Waals surface area contributed by atoms with E-state index < -0.39 is 5.97 Å². The molecule has 1 aliphatic rings. The molecule has 0 spiro atoms. The molecule has 6 heteroatoms. The number of esters is 1. The summed E-state index contributed by atoms with van der Waals surface area (Å²) in [6.07, 6.45) is 1.67. The van der Waals surface area contributed by atoms with Crippen LogP contribution in [0.15, 0.2) is 59.2 Å². The van der Waals surface area contributed by atoms with E-state index in [-0.39, 0.29) is 17.5 Å². The van der Waals surface area contributed by atoms with Crippen molar-refractivity contribution in [2.45, 2.75) is 20.8 Å². The summed E-state index contributed by atoms with van der Waals surface area (Å²) in [5, 5.41) is 2.69. The topological polar surface area (TPSA) is 77.0 Å². The Bertz CT molecular complexity index is 943. The Balaban J connectivity index is 1.78. The molecule has 0 bridgehead atoms. The zero-order chi connectivity index (χ0) is 20.1. The highest BCUT2D eigenvalue weighted by atomic mass is 16.6. The van der Waals surface area contributed by atoms with Crippen LogP contribution in [0.3, 0.4) is 0 Å². The van der Waals surface area contributed by atoms with Gasteiger partial charge in [-0.25, -0.2) is 9.79 Å². The van der Waals surface area contributed by atoms with Crippen LogP contribution < -0.4 is 10.1 Å².